The van der Waals surface area contributed by atoms with Gasteiger partial charge in [-0.15, -0.1) is 0 Å². The maximum atomic E-state index is 12.5. The van der Waals surface area contributed by atoms with E-state index in [0.29, 0.717) is 32.6 Å². The van der Waals surface area contributed by atoms with Gasteiger partial charge in [0.2, 0.25) is 0 Å². The van der Waals surface area contributed by atoms with E-state index in [0.717, 1.165) is 6.54 Å². The van der Waals surface area contributed by atoms with Gasteiger partial charge in [-0.25, -0.2) is 9.59 Å². The summed E-state index contributed by atoms with van der Waals surface area (Å²) in [5, 5.41) is 12.2. The molecule has 1 heterocycles. The van der Waals surface area contributed by atoms with E-state index in [1.54, 1.807) is 4.90 Å². The summed E-state index contributed by atoms with van der Waals surface area (Å²) in [5.74, 6) is -0.990. The van der Waals surface area contributed by atoms with Gasteiger partial charge < -0.3 is 25.0 Å². The van der Waals surface area contributed by atoms with Gasteiger partial charge in [0, 0.05) is 45.2 Å². The predicted molar refractivity (Wildman–Crippen MR) is 79.3 cm³/mol. The minimum absolute atomic E-state index is 0.00989. The van der Waals surface area contributed by atoms with E-state index in [1.165, 1.54) is 0 Å². The number of carboxylic acid groups (broad SMARTS) is 1. The van der Waals surface area contributed by atoms with Crippen LogP contribution in [0.3, 0.4) is 0 Å². The van der Waals surface area contributed by atoms with Crippen LogP contribution in [0.15, 0.2) is 0 Å². The largest absolute Gasteiger partial charge is 0.480 e. The van der Waals surface area contributed by atoms with E-state index < -0.39 is 11.5 Å². The highest BCUT2D eigenvalue weighted by atomic mass is 16.5. The summed E-state index contributed by atoms with van der Waals surface area (Å²) < 4.78 is 5.21. The second-order valence-electron chi connectivity index (χ2n) is 5.83. The Balaban J connectivity index is 2.77. The summed E-state index contributed by atoms with van der Waals surface area (Å²) in [4.78, 5) is 27.7. The number of carboxylic acids is 1. The van der Waals surface area contributed by atoms with Crippen molar-refractivity contribution in [1.82, 2.24) is 15.1 Å². The zero-order valence-corrected chi connectivity index (χ0v) is 13.4. The van der Waals surface area contributed by atoms with Crippen LogP contribution in [0.25, 0.3) is 0 Å². The number of hydrogen-bond acceptors (Lipinski definition) is 4. The van der Waals surface area contributed by atoms with Gasteiger partial charge in [0.1, 0.15) is 5.54 Å². The molecule has 21 heavy (non-hydrogen) atoms. The molecule has 2 amide bonds. The van der Waals surface area contributed by atoms with Gasteiger partial charge in [0.05, 0.1) is 0 Å². The molecule has 2 N–H and O–H groups in total. The number of nitrogens with one attached hydrogen (secondary N) is 1. The zero-order chi connectivity index (χ0) is 16.0. The molecule has 0 bridgehead atoms. The first-order valence-electron chi connectivity index (χ1n) is 7.37. The number of aliphatic carboxylic acids is 1. The Labute approximate surface area is 126 Å². The van der Waals surface area contributed by atoms with Crippen molar-refractivity contribution in [3.8, 4) is 0 Å². The Morgan fingerprint density at radius 2 is 1.90 bits per heavy atom. The molecule has 1 aliphatic rings. The monoisotopic (exact) mass is 301 g/mol. The molecule has 1 rings (SSSR count). The van der Waals surface area contributed by atoms with Crippen LogP contribution in [-0.2, 0) is 9.53 Å². The summed E-state index contributed by atoms with van der Waals surface area (Å²) >= 11 is 0. The van der Waals surface area contributed by atoms with Crippen molar-refractivity contribution >= 4 is 12.0 Å². The summed E-state index contributed by atoms with van der Waals surface area (Å²) in [6, 6.07) is -0.313. The van der Waals surface area contributed by atoms with Gasteiger partial charge in [-0.05, 0) is 27.9 Å². The molecule has 122 valence electrons. The van der Waals surface area contributed by atoms with E-state index >= 15 is 0 Å². The molecule has 0 aromatic heterocycles. The van der Waals surface area contributed by atoms with E-state index in [2.05, 4.69) is 5.32 Å². The van der Waals surface area contributed by atoms with Crippen molar-refractivity contribution in [3.63, 3.8) is 0 Å². The zero-order valence-electron chi connectivity index (χ0n) is 13.4. The topological polar surface area (TPSA) is 82.1 Å². The number of ether oxygens (including phenoxy) is 1. The number of amides is 2. The molecule has 1 atom stereocenters. The minimum atomic E-state index is -1.21. The highest BCUT2D eigenvalue weighted by Gasteiger charge is 2.42. The average Bonchev–Trinajstić information content (AvgIpc) is 2.39. The highest BCUT2D eigenvalue weighted by Crippen LogP contribution is 2.21. The standard InChI is InChI=1S/C14H27N3O4/c1-5-17(11(2)10-16(3)4)13(20)15-14(12(18)19)6-8-21-9-7-14/h11H,5-10H2,1-4H3,(H,15,20)(H,18,19). The molecule has 1 unspecified atom stereocenters. The fourth-order valence-electron chi connectivity index (χ4n) is 2.67. The third-order valence-corrected chi connectivity index (χ3v) is 3.86. The first-order chi connectivity index (χ1) is 9.82. The minimum Gasteiger partial charge on any atom is -0.480 e. The van der Waals surface area contributed by atoms with Crippen molar-refractivity contribution in [1.29, 1.82) is 0 Å². The molecule has 1 saturated heterocycles. The van der Waals surface area contributed by atoms with Crippen molar-refractivity contribution in [2.24, 2.45) is 0 Å². The molecule has 0 aromatic carbocycles. The lowest BCUT2D eigenvalue weighted by Crippen LogP contribution is -2.61. The molecule has 0 aliphatic carbocycles. The van der Waals surface area contributed by atoms with Crippen LogP contribution < -0.4 is 5.32 Å². The summed E-state index contributed by atoms with van der Waals surface area (Å²) in [5.41, 5.74) is -1.21. The van der Waals surface area contributed by atoms with Gasteiger partial charge >= 0.3 is 12.0 Å². The lowest BCUT2D eigenvalue weighted by molar-refractivity contribution is -0.148. The average molecular weight is 301 g/mol. The molecule has 0 radical (unpaired) electrons. The molecule has 7 nitrogen and oxygen atoms in total. The smallest absolute Gasteiger partial charge is 0.329 e. The maximum Gasteiger partial charge on any atom is 0.329 e. The van der Waals surface area contributed by atoms with Crippen LogP contribution >= 0.6 is 0 Å². The van der Waals surface area contributed by atoms with Crippen molar-refractivity contribution in [2.45, 2.75) is 38.3 Å². The van der Waals surface area contributed by atoms with E-state index in [-0.39, 0.29) is 12.1 Å². The predicted octanol–water partition coefficient (Wildman–Crippen LogP) is 0.602. The Bertz CT molecular complexity index is 367. The SMILES string of the molecule is CCN(C(=O)NC1(C(=O)O)CCOCC1)C(C)CN(C)C. The fourth-order valence-corrected chi connectivity index (χ4v) is 2.67. The molecular weight excluding hydrogens is 274 g/mol. The lowest BCUT2D eigenvalue weighted by atomic mass is 9.90. The Kier molecular flexibility index (Phi) is 6.42. The van der Waals surface area contributed by atoms with E-state index in [4.69, 9.17) is 4.74 Å². The summed E-state index contributed by atoms with van der Waals surface area (Å²) in [7, 11) is 3.89. The van der Waals surface area contributed by atoms with Crippen LogP contribution in [0.5, 0.6) is 0 Å². The molecule has 0 spiro atoms. The molecule has 1 aliphatic heterocycles. The van der Waals surface area contributed by atoms with Gasteiger partial charge in [-0.1, -0.05) is 0 Å². The van der Waals surface area contributed by atoms with Crippen LogP contribution in [-0.4, -0.2) is 78.9 Å². The Morgan fingerprint density at radius 3 is 2.33 bits per heavy atom. The van der Waals surface area contributed by atoms with Gasteiger partial charge in [-0.2, -0.15) is 0 Å². The van der Waals surface area contributed by atoms with Gasteiger partial charge in [0.15, 0.2) is 0 Å². The van der Waals surface area contributed by atoms with Crippen LogP contribution in [0, 0.1) is 0 Å². The third-order valence-electron chi connectivity index (χ3n) is 3.86. The molecule has 0 aromatic rings. The molecule has 7 heteroatoms. The van der Waals surface area contributed by atoms with Crippen molar-refractivity contribution in [3.05, 3.63) is 0 Å². The van der Waals surface area contributed by atoms with Crippen LogP contribution in [0.4, 0.5) is 4.79 Å². The first-order valence-corrected chi connectivity index (χ1v) is 7.37. The molecule has 0 saturated carbocycles. The quantitative estimate of drug-likeness (QED) is 0.751. The molecule has 1 fully saturated rings. The number of hydrogen-bond donors (Lipinski definition) is 2. The highest BCUT2D eigenvalue weighted by molar-refractivity contribution is 5.86. The van der Waals surface area contributed by atoms with Crippen molar-refractivity contribution in [2.75, 3.05) is 40.4 Å². The molecular formula is C14H27N3O4. The number of carbonyl (C=O) groups excluding carboxylic acids is 1. The second kappa shape index (κ2) is 7.61. The van der Waals surface area contributed by atoms with E-state index in [9.17, 15) is 14.7 Å². The summed E-state index contributed by atoms with van der Waals surface area (Å²) in [6.07, 6.45) is 0.599. The summed E-state index contributed by atoms with van der Waals surface area (Å²) in [6.45, 7) is 5.82. The van der Waals surface area contributed by atoms with E-state index in [1.807, 2.05) is 32.8 Å². The van der Waals surface area contributed by atoms with Crippen LogP contribution in [0.1, 0.15) is 26.7 Å². The lowest BCUT2D eigenvalue weighted by Gasteiger charge is -2.37. The fraction of sp³-hybridized carbons (Fsp3) is 0.857. The number of nitrogens with zero attached hydrogens (tertiary/aromatic N) is 2. The number of carbonyl (C=O) groups is 2. The first kappa shape index (κ1) is 17.7. The second-order valence-corrected chi connectivity index (χ2v) is 5.83. The number of rotatable bonds is 6. The normalized spacial score (nSPS) is 19.1. The number of urea groups is 1. The van der Waals surface area contributed by atoms with Crippen LogP contribution in [0.2, 0.25) is 0 Å². The van der Waals surface area contributed by atoms with Gasteiger partial charge in [0.25, 0.3) is 0 Å². The number of likely N-dealkylation sites (N-methyl/N-ethyl adjacent to an activating group) is 2. The maximum absolute atomic E-state index is 12.5. The Morgan fingerprint density at radius 1 is 1.33 bits per heavy atom. The third kappa shape index (κ3) is 4.57. The van der Waals surface area contributed by atoms with Gasteiger partial charge in [-0.3, -0.25) is 0 Å². The van der Waals surface area contributed by atoms with Crippen molar-refractivity contribution < 1.29 is 19.4 Å². The Hall–Kier alpha value is -1.34.